The van der Waals surface area contributed by atoms with Gasteiger partial charge in [-0.15, -0.1) is 0 Å². The van der Waals surface area contributed by atoms with E-state index in [4.69, 9.17) is 5.26 Å². The van der Waals surface area contributed by atoms with Crippen molar-refractivity contribution in [2.75, 3.05) is 5.75 Å². The van der Waals surface area contributed by atoms with E-state index in [1.54, 1.807) is 24.3 Å². The number of aromatic amines is 1. The number of hydrogen-bond donors (Lipinski definition) is 1. The molecule has 0 radical (unpaired) electrons. The number of benzene rings is 1. The number of aromatic nitrogens is 2. The fourth-order valence-corrected chi connectivity index (χ4v) is 2.83. The molecule has 0 aliphatic heterocycles. The van der Waals surface area contributed by atoms with E-state index >= 15 is 0 Å². The van der Waals surface area contributed by atoms with Gasteiger partial charge in [0, 0.05) is 10.0 Å². The van der Waals surface area contributed by atoms with E-state index in [0.29, 0.717) is 22.8 Å². The summed E-state index contributed by atoms with van der Waals surface area (Å²) in [5, 5.41) is 9.29. The van der Waals surface area contributed by atoms with E-state index in [9.17, 15) is 9.59 Å². The molecule has 0 saturated carbocycles. The number of halogens is 1. The highest BCUT2D eigenvalue weighted by atomic mass is 79.9. The van der Waals surface area contributed by atoms with E-state index in [2.05, 4.69) is 25.9 Å². The maximum Gasteiger partial charge on any atom is 0.269 e. The number of nitriles is 1. The minimum absolute atomic E-state index is 0.0334. The largest absolute Gasteiger partial charge is 0.300 e. The predicted octanol–water partition coefficient (Wildman–Crippen LogP) is 2.94. The number of Topliss-reactive ketones (excluding diaryl/α,β-unsaturated/α-hetero) is 1. The van der Waals surface area contributed by atoms with E-state index < -0.39 is 5.56 Å². The number of nitrogens with one attached hydrogen (secondary N) is 1. The van der Waals surface area contributed by atoms with Crippen molar-refractivity contribution in [3.63, 3.8) is 0 Å². The number of ketones is 1. The summed E-state index contributed by atoms with van der Waals surface area (Å²) in [6.07, 6.45) is 0.487. The highest BCUT2D eigenvalue weighted by Gasteiger charge is 2.12. The van der Waals surface area contributed by atoms with Crippen LogP contribution in [0.3, 0.4) is 0 Å². The van der Waals surface area contributed by atoms with Crippen molar-refractivity contribution in [3.8, 4) is 6.07 Å². The molecule has 0 bridgehead atoms. The third-order valence-corrected chi connectivity index (χ3v) is 4.33. The van der Waals surface area contributed by atoms with Gasteiger partial charge >= 0.3 is 0 Å². The topological polar surface area (TPSA) is 86.6 Å². The third kappa shape index (κ3) is 3.84. The lowest BCUT2D eigenvalue weighted by Gasteiger charge is -2.04. The lowest BCUT2D eigenvalue weighted by atomic mass is 10.2. The molecule has 1 aromatic heterocycles. The van der Waals surface area contributed by atoms with Crippen LogP contribution in [0.1, 0.15) is 28.5 Å². The van der Waals surface area contributed by atoms with Gasteiger partial charge in [-0.2, -0.15) is 5.26 Å². The van der Waals surface area contributed by atoms with Crippen LogP contribution in [0.2, 0.25) is 0 Å². The van der Waals surface area contributed by atoms with Gasteiger partial charge in [-0.05, 0) is 18.6 Å². The van der Waals surface area contributed by atoms with Gasteiger partial charge in [0.05, 0.1) is 11.4 Å². The monoisotopic (exact) mass is 377 g/mol. The first-order valence-corrected chi connectivity index (χ1v) is 8.28. The standard InChI is InChI=1S/C15H12BrN3O2S/c1-2-12-11(7-17)14(21)19-15(18-12)22-8-13(20)9-3-5-10(16)6-4-9/h3-6H,2,8H2,1H3,(H,18,19,21). The highest BCUT2D eigenvalue weighted by Crippen LogP contribution is 2.17. The van der Waals surface area contributed by atoms with E-state index in [-0.39, 0.29) is 17.1 Å². The Labute approximate surface area is 139 Å². The van der Waals surface area contributed by atoms with Crippen LogP contribution in [-0.4, -0.2) is 21.5 Å². The Morgan fingerprint density at radius 1 is 1.41 bits per heavy atom. The lowest BCUT2D eigenvalue weighted by molar-refractivity contribution is 0.102. The molecule has 0 saturated heterocycles. The first-order chi connectivity index (χ1) is 10.5. The molecule has 0 spiro atoms. The maximum atomic E-state index is 12.1. The maximum absolute atomic E-state index is 12.1. The molecule has 112 valence electrons. The number of nitrogens with zero attached hydrogens (tertiary/aromatic N) is 2. The molecule has 5 nitrogen and oxygen atoms in total. The van der Waals surface area contributed by atoms with Crippen LogP contribution in [0.15, 0.2) is 38.7 Å². The molecule has 2 aromatic rings. The molecule has 1 heterocycles. The molecule has 0 aliphatic rings. The van der Waals surface area contributed by atoms with Gasteiger partial charge in [0.25, 0.3) is 5.56 Å². The Bertz CT molecular complexity index is 794. The number of thioether (sulfide) groups is 1. The third-order valence-electron chi connectivity index (χ3n) is 2.93. The Morgan fingerprint density at radius 3 is 2.68 bits per heavy atom. The molecule has 1 aromatic carbocycles. The average Bonchev–Trinajstić information content (AvgIpc) is 2.52. The Balaban J connectivity index is 2.13. The van der Waals surface area contributed by atoms with Gasteiger partial charge in [-0.3, -0.25) is 9.59 Å². The second-order valence-corrected chi connectivity index (χ2v) is 6.26. The van der Waals surface area contributed by atoms with E-state index in [1.807, 2.05) is 13.0 Å². The normalized spacial score (nSPS) is 10.2. The highest BCUT2D eigenvalue weighted by molar-refractivity contribution is 9.10. The summed E-state index contributed by atoms with van der Waals surface area (Å²) in [6.45, 7) is 1.82. The van der Waals surface area contributed by atoms with Crippen LogP contribution in [0.4, 0.5) is 0 Å². The zero-order valence-corrected chi connectivity index (χ0v) is 14.1. The summed E-state index contributed by atoms with van der Waals surface area (Å²) < 4.78 is 0.905. The summed E-state index contributed by atoms with van der Waals surface area (Å²) in [7, 11) is 0. The van der Waals surface area contributed by atoms with Crippen LogP contribution >= 0.6 is 27.7 Å². The summed E-state index contributed by atoms with van der Waals surface area (Å²) in [4.78, 5) is 30.6. The van der Waals surface area contributed by atoms with E-state index in [0.717, 1.165) is 16.2 Å². The molecular formula is C15H12BrN3O2S. The fraction of sp³-hybridized carbons (Fsp3) is 0.200. The second kappa shape index (κ2) is 7.38. The van der Waals surface area contributed by atoms with Crippen molar-refractivity contribution < 1.29 is 4.79 Å². The zero-order valence-electron chi connectivity index (χ0n) is 11.7. The van der Waals surface area contributed by atoms with Crippen molar-refractivity contribution in [2.24, 2.45) is 0 Å². The molecule has 0 amide bonds. The molecule has 0 atom stereocenters. The Hall–Kier alpha value is -1.91. The van der Waals surface area contributed by atoms with Crippen molar-refractivity contribution >= 4 is 33.5 Å². The number of H-pyrrole nitrogens is 1. The van der Waals surface area contributed by atoms with Crippen molar-refractivity contribution in [2.45, 2.75) is 18.5 Å². The number of hydrogen-bond acceptors (Lipinski definition) is 5. The summed E-state index contributed by atoms with van der Waals surface area (Å²) in [5.74, 6) is 0.113. The van der Waals surface area contributed by atoms with Gasteiger partial charge in [0.2, 0.25) is 0 Å². The van der Waals surface area contributed by atoms with Crippen LogP contribution in [-0.2, 0) is 6.42 Å². The fourth-order valence-electron chi connectivity index (χ4n) is 1.79. The smallest absolute Gasteiger partial charge is 0.269 e. The molecule has 22 heavy (non-hydrogen) atoms. The van der Waals surface area contributed by atoms with Crippen LogP contribution in [0, 0.1) is 11.3 Å². The first-order valence-electron chi connectivity index (χ1n) is 6.50. The Morgan fingerprint density at radius 2 is 2.09 bits per heavy atom. The predicted molar refractivity (Wildman–Crippen MR) is 88.1 cm³/mol. The summed E-state index contributed by atoms with van der Waals surface area (Å²) in [5.41, 5.74) is 0.617. The number of rotatable bonds is 5. The molecule has 0 unspecified atom stereocenters. The van der Waals surface area contributed by atoms with Crippen LogP contribution in [0.5, 0.6) is 0 Å². The summed E-state index contributed by atoms with van der Waals surface area (Å²) >= 11 is 4.47. The average molecular weight is 378 g/mol. The zero-order chi connectivity index (χ0) is 16.1. The lowest BCUT2D eigenvalue weighted by Crippen LogP contribution is -2.16. The van der Waals surface area contributed by atoms with Gasteiger partial charge < -0.3 is 4.98 Å². The molecule has 0 fully saturated rings. The van der Waals surface area contributed by atoms with Crippen LogP contribution in [0.25, 0.3) is 0 Å². The van der Waals surface area contributed by atoms with Crippen molar-refractivity contribution in [1.82, 2.24) is 9.97 Å². The van der Waals surface area contributed by atoms with Gasteiger partial charge in [0.15, 0.2) is 10.9 Å². The quantitative estimate of drug-likeness (QED) is 0.491. The molecule has 1 N–H and O–H groups in total. The second-order valence-electron chi connectivity index (χ2n) is 4.38. The molecule has 0 aliphatic carbocycles. The van der Waals surface area contributed by atoms with Gasteiger partial charge in [-0.25, -0.2) is 4.98 Å². The molecule has 2 rings (SSSR count). The number of aryl methyl sites for hydroxylation is 1. The van der Waals surface area contributed by atoms with Crippen LogP contribution < -0.4 is 5.56 Å². The Kier molecular flexibility index (Phi) is 5.52. The number of carbonyl (C=O) groups excluding carboxylic acids is 1. The van der Waals surface area contributed by atoms with Crippen molar-refractivity contribution in [1.29, 1.82) is 5.26 Å². The number of carbonyl (C=O) groups is 1. The minimum Gasteiger partial charge on any atom is -0.300 e. The van der Waals surface area contributed by atoms with Gasteiger partial charge in [0.1, 0.15) is 11.6 Å². The minimum atomic E-state index is -0.465. The van der Waals surface area contributed by atoms with E-state index in [1.165, 1.54) is 0 Å². The molecule has 7 heteroatoms. The SMILES string of the molecule is CCc1nc(SCC(=O)c2ccc(Br)cc2)[nH]c(=O)c1C#N. The summed E-state index contributed by atoms with van der Waals surface area (Å²) in [6, 6.07) is 8.92. The van der Waals surface area contributed by atoms with Gasteiger partial charge in [-0.1, -0.05) is 46.7 Å². The van der Waals surface area contributed by atoms with Crippen molar-refractivity contribution in [3.05, 3.63) is 55.9 Å². The first kappa shape index (κ1) is 16.5. The molecular weight excluding hydrogens is 366 g/mol.